The number of benzene rings is 1. The van der Waals surface area contributed by atoms with Gasteiger partial charge in [-0.1, -0.05) is 20.3 Å². The van der Waals surface area contributed by atoms with Crippen molar-refractivity contribution in [2.75, 3.05) is 50.8 Å². The Kier molecular flexibility index (Phi) is 7.54. The van der Waals surface area contributed by atoms with E-state index in [1.807, 2.05) is 0 Å². The van der Waals surface area contributed by atoms with Gasteiger partial charge in [0.15, 0.2) is 0 Å². The number of nitrogens with one attached hydrogen (secondary N) is 1. The molecule has 29 heavy (non-hydrogen) atoms. The van der Waals surface area contributed by atoms with Crippen LogP contribution in [0.15, 0.2) is 23.1 Å². The first-order chi connectivity index (χ1) is 13.9. The van der Waals surface area contributed by atoms with E-state index >= 15 is 0 Å². The van der Waals surface area contributed by atoms with Gasteiger partial charge in [-0.2, -0.15) is 4.31 Å². The summed E-state index contributed by atoms with van der Waals surface area (Å²) in [4.78, 5) is 15.3. The molecule has 1 aromatic carbocycles. The number of hydrogen-bond acceptors (Lipinski definition) is 5. The van der Waals surface area contributed by atoms with Crippen LogP contribution in [0.3, 0.4) is 0 Å². The fraction of sp³-hybridized carbons (Fsp3) is 0.667. The molecule has 0 aliphatic carbocycles. The number of morpholine rings is 1. The molecule has 1 N–H and O–H groups in total. The van der Waals surface area contributed by atoms with Gasteiger partial charge in [-0.3, -0.25) is 4.79 Å². The first-order valence-electron chi connectivity index (χ1n) is 10.6. The highest BCUT2D eigenvalue weighted by atomic mass is 32.2. The molecule has 2 aliphatic rings. The lowest BCUT2D eigenvalue weighted by atomic mass is 10.1. The zero-order valence-electron chi connectivity index (χ0n) is 17.5. The van der Waals surface area contributed by atoms with Crippen molar-refractivity contribution in [1.29, 1.82) is 0 Å². The molecule has 3 rings (SSSR count). The van der Waals surface area contributed by atoms with Gasteiger partial charge in [-0.15, -0.1) is 0 Å². The van der Waals surface area contributed by atoms with Gasteiger partial charge >= 0.3 is 0 Å². The molecule has 0 bridgehead atoms. The van der Waals surface area contributed by atoms with Gasteiger partial charge < -0.3 is 15.0 Å². The molecule has 2 saturated heterocycles. The number of ether oxygens (including phenoxy) is 1. The van der Waals surface area contributed by atoms with Crippen LogP contribution in [0.5, 0.6) is 0 Å². The second-order valence-electron chi connectivity index (χ2n) is 8.18. The molecule has 0 saturated carbocycles. The lowest BCUT2D eigenvalue weighted by Gasteiger charge is -2.31. The van der Waals surface area contributed by atoms with E-state index in [0.29, 0.717) is 57.4 Å². The number of anilines is 1. The summed E-state index contributed by atoms with van der Waals surface area (Å²) in [6.07, 6.45) is 3.71. The van der Waals surface area contributed by atoms with Crippen LogP contribution in [0.2, 0.25) is 0 Å². The van der Waals surface area contributed by atoms with Crippen LogP contribution in [-0.2, 0) is 14.8 Å². The van der Waals surface area contributed by atoms with E-state index in [1.165, 1.54) is 0 Å². The number of hydrogen-bond donors (Lipinski definition) is 1. The van der Waals surface area contributed by atoms with Gasteiger partial charge in [0.2, 0.25) is 10.0 Å². The Hall–Kier alpha value is -1.64. The van der Waals surface area contributed by atoms with E-state index in [4.69, 9.17) is 4.74 Å². The third-order valence-electron chi connectivity index (χ3n) is 5.52. The number of amides is 1. The highest BCUT2D eigenvalue weighted by Crippen LogP contribution is 2.28. The van der Waals surface area contributed by atoms with E-state index in [-0.39, 0.29) is 10.8 Å². The highest BCUT2D eigenvalue weighted by Gasteiger charge is 2.28. The van der Waals surface area contributed by atoms with Crippen LogP contribution >= 0.6 is 0 Å². The Morgan fingerprint density at radius 3 is 2.45 bits per heavy atom. The topological polar surface area (TPSA) is 79.0 Å². The summed E-state index contributed by atoms with van der Waals surface area (Å²) >= 11 is 0. The minimum Gasteiger partial charge on any atom is -0.378 e. The van der Waals surface area contributed by atoms with E-state index in [9.17, 15) is 13.2 Å². The molecule has 2 fully saturated rings. The number of carbonyl (C=O) groups is 1. The SMILES string of the molecule is CC(C)CCNC(=O)c1cc(S(=O)(=O)N2CCCCC2)ccc1N1CCOCC1. The molecule has 0 atom stereocenters. The summed E-state index contributed by atoms with van der Waals surface area (Å²) in [6.45, 7) is 8.45. The number of sulfonamides is 1. The van der Waals surface area contributed by atoms with Crippen LogP contribution < -0.4 is 10.2 Å². The van der Waals surface area contributed by atoms with Gasteiger partial charge in [-0.05, 0) is 43.4 Å². The van der Waals surface area contributed by atoms with E-state index in [1.54, 1.807) is 22.5 Å². The van der Waals surface area contributed by atoms with Crippen molar-refractivity contribution in [3.8, 4) is 0 Å². The van der Waals surface area contributed by atoms with Crippen molar-refractivity contribution >= 4 is 21.6 Å². The monoisotopic (exact) mass is 423 g/mol. The van der Waals surface area contributed by atoms with Crippen molar-refractivity contribution in [1.82, 2.24) is 9.62 Å². The lowest BCUT2D eigenvalue weighted by molar-refractivity contribution is 0.0950. The highest BCUT2D eigenvalue weighted by molar-refractivity contribution is 7.89. The average Bonchev–Trinajstić information content (AvgIpc) is 2.74. The normalized spacial score (nSPS) is 18.8. The average molecular weight is 424 g/mol. The Labute approximate surface area is 174 Å². The van der Waals surface area contributed by atoms with Crippen LogP contribution in [0, 0.1) is 5.92 Å². The maximum absolute atomic E-state index is 13.1. The minimum absolute atomic E-state index is 0.199. The summed E-state index contributed by atoms with van der Waals surface area (Å²) in [7, 11) is -3.59. The molecule has 0 spiro atoms. The molecule has 0 radical (unpaired) electrons. The van der Waals surface area contributed by atoms with Gasteiger partial charge in [0.1, 0.15) is 0 Å². The predicted molar refractivity (Wildman–Crippen MR) is 114 cm³/mol. The maximum atomic E-state index is 13.1. The smallest absolute Gasteiger partial charge is 0.253 e. The number of nitrogens with zero attached hydrogens (tertiary/aromatic N) is 2. The molecule has 8 heteroatoms. The Balaban J connectivity index is 1.90. The lowest BCUT2D eigenvalue weighted by Crippen LogP contribution is -2.38. The van der Waals surface area contributed by atoms with E-state index < -0.39 is 10.0 Å². The summed E-state index contributed by atoms with van der Waals surface area (Å²) in [5, 5.41) is 2.96. The number of rotatable bonds is 7. The summed E-state index contributed by atoms with van der Waals surface area (Å²) < 4.78 is 33.2. The molecular weight excluding hydrogens is 390 g/mol. The van der Waals surface area contributed by atoms with Gasteiger partial charge in [0.25, 0.3) is 5.91 Å². The van der Waals surface area contributed by atoms with Crippen LogP contribution in [0.4, 0.5) is 5.69 Å². The van der Waals surface area contributed by atoms with Crippen molar-refractivity contribution in [2.24, 2.45) is 5.92 Å². The zero-order chi connectivity index (χ0) is 20.9. The molecule has 2 heterocycles. The van der Waals surface area contributed by atoms with Crippen molar-refractivity contribution < 1.29 is 17.9 Å². The van der Waals surface area contributed by atoms with Crippen LogP contribution in [0.1, 0.15) is 49.9 Å². The third kappa shape index (κ3) is 5.49. The second kappa shape index (κ2) is 9.91. The number of carbonyl (C=O) groups excluding carboxylic acids is 1. The third-order valence-corrected chi connectivity index (χ3v) is 7.42. The summed E-state index contributed by atoms with van der Waals surface area (Å²) in [6, 6.07) is 4.97. The first-order valence-corrected chi connectivity index (χ1v) is 12.1. The second-order valence-corrected chi connectivity index (χ2v) is 10.1. The molecule has 162 valence electrons. The fourth-order valence-electron chi connectivity index (χ4n) is 3.76. The van der Waals surface area contributed by atoms with Crippen LogP contribution in [-0.4, -0.2) is 64.6 Å². The minimum atomic E-state index is -3.59. The van der Waals surface area contributed by atoms with Crippen molar-refractivity contribution in [3.05, 3.63) is 23.8 Å². The van der Waals surface area contributed by atoms with E-state index in [2.05, 4.69) is 24.1 Å². The van der Waals surface area contributed by atoms with Crippen molar-refractivity contribution in [3.63, 3.8) is 0 Å². The maximum Gasteiger partial charge on any atom is 0.253 e. The fourth-order valence-corrected chi connectivity index (χ4v) is 5.31. The molecule has 2 aliphatic heterocycles. The standard InChI is InChI=1S/C21H33N3O4S/c1-17(2)8-9-22-21(25)19-16-18(29(26,27)24-10-4-3-5-11-24)6-7-20(19)23-12-14-28-15-13-23/h6-7,16-17H,3-5,8-15H2,1-2H3,(H,22,25). The number of piperidine rings is 1. The zero-order valence-corrected chi connectivity index (χ0v) is 18.3. The molecule has 1 amide bonds. The van der Waals surface area contributed by atoms with Gasteiger partial charge in [-0.25, -0.2) is 8.42 Å². The summed E-state index contributed by atoms with van der Waals surface area (Å²) in [5.41, 5.74) is 1.20. The molecule has 7 nitrogen and oxygen atoms in total. The Morgan fingerprint density at radius 2 is 1.79 bits per heavy atom. The first kappa shape index (κ1) is 22.1. The molecule has 0 unspecified atom stereocenters. The summed E-state index contributed by atoms with van der Waals surface area (Å²) in [5.74, 6) is 0.266. The predicted octanol–water partition coefficient (Wildman–Crippen LogP) is 2.47. The largest absolute Gasteiger partial charge is 0.378 e. The quantitative estimate of drug-likeness (QED) is 0.729. The van der Waals surface area contributed by atoms with Crippen LogP contribution in [0.25, 0.3) is 0 Å². The van der Waals surface area contributed by atoms with E-state index in [0.717, 1.165) is 31.4 Å². The van der Waals surface area contributed by atoms with Crippen molar-refractivity contribution in [2.45, 2.75) is 44.4 Å². The Morgan fingerprint density at radius 1 is 1.10 bits per heavy atom. The van der Waals surface area contributed by atoms with Gasteiger partial charge in [0.05, 0.1) is 23.7 Å². The molecule has 1 aromatic rings. The molecular formula is C21H33N3O4S. The molecule has 0 aromatic heterocycles. The Bertz CT molecular complexity index is 798. The van der Waals surface area contributed by atoms with Gasteiger partial charge in [0, 0.05) is 38.4 Å².